The van der Waals surface area contributed by atoms with E-state index in [9.17, 15) is 4.79 Å². The highest BCUT2D eigenvalue weighted by atomic mass is 16.1. The van der Waals surface area contributed by atoms with Gasteiger partial charge in [0, 0.05) is 5.69 Å². The zero-order valence-corrected chi connectivity index (χ0v) is 8.42. The number of hydrogen-bond donors (Lipinski definition) is 2. The number of nitrogens with two attached hydrogens (primary N) is 1. The van der Waals surface area contributed by atoms with Gasteiger partial charge in [0.2, 0.25) is 5.91 Å². The molecule has 0 aliphatic heterocycles. The van der Waals surface area contributed by atoms with Gasteiger partial charge in [0.25, 0.3) is 0 Å². The van der Waals surface area contributed by atoms with Crippen molar-refractivity contribution in [3.05, 3.63) is 29.8 Å². The van der Waals surface area contributed by atoms with Crippen molar-refractivity contribution in [2.75, 3.05) is 11.9 Å². The summed E-state index contributed by atoms with van der Waals surface area (Å²) in [7, 11) is 0. The third kappa shape index (κ3) is 2.85. The first kappa shape index (κ1) is 10.7. The molecule has 76 valence electrons. The Balaban J connectivity index is 2.78. The van der Waals surface area contributed by atoms with Crippen LogP contribution in [0.3, 0.4) is 0 Å². The molecule has 0 aromatic heterocycles. The van der Waals surface area contributed by atoms with Crippen molar-refractivity contribution in [3.8, 4) is 0 Å². The summed E-state index contributed by atoms with van der Waals surface area (Å²) in [6.07, 6.45) is 2.04. The fourth-order valence-corrected chi connectivity index (χ4v) is 1.33. The number of amides is 1. The third-order valence-electron chi connectivity index (χ3n) is 2.00. The van der Waals surface area contributed by atoms with E-state index in [-0.39, 0.29) is 12.5 Å². The first-order valence-electron chi connectivity index (χ1n) is 4.85. The molecule has 0 radical (unpaired) electrons. The highest BCUT2D eigenvalue weighted by molar-refractivity contribution is 5.92. The maximum Gasteiger partial charge on any atom is 0.238 e. The Labute approximate surface area is 84.3 Å². The summed E-state index contributed by atoms with van der Waals surface area (Å²) in [5, 5.41) is 2.78. The molecule has 0 atom stereocenters. The number of hydrogen-bond acceptors (Lipinski definition) is 2. The van der Waals surface area contributed by atoms with E-state index in [2.05, 4.69) is 12.2 Å². The minimum atomic E-state index is -0.145. The average molecular weight is 192 g/mol. The Morgan fingerprint density at radius 2 is 2.14 bits per heavy atom. The van der Waals surface area contributed by atoms with Crippen LogP contribution >= 0.6 is 0 Å². The zero-order valence-electron chi connectivity index (χ0n) is 8.42. The molecule has 0 spiro atoms. The van der Waals surface area contributed by atoms with E-state index in [1.54, 1.807) is 0 Å². The first-order chi connectivity index (χ1) is 6.77. The van der Waals surface area contributed by atoms with E-state index in [1.165, 1.54) is 0 Å². The fraction of sp³-hybridized carbons (Fsp3) is 0.364. The van der Waals surface area contributed by atoms with Crippen molar-refractivity contribution in [1.82, 2.24) is 0 Å². The number of nitrogens with one attached hydrogen (secondary N) is 1. The predicted molar refractivity (Wildman–Crippen MR) is 58.1 cm³/mol. The van der Waals surface area contributed by atoms with Gasteiger partial charge in [-0.2, -0.15) is 0 Å². The zero-order chi connectivity index (χ0) is 10.4. The standard InChI is InChI=1S/C11H16N2O/c1-2-5-9-6-3-4-7-10(9)13-11(14)8-12/h3-4,6-7H,2,5,8,12H2,1H3,(H,13,14). The molecule has 0 aliphatic rings. The molecule has 3 nitrogen and oxygen atoms in total. The van der Waals surface area contributed by atoms with Crippen molar-refractivity contribution in [2.24, 2.45) is 5.73 Å². The normalized spacial score (nSPS) is 9.86. The number of para-hydroxylation sites is 1. The van der Waals surface area contributed by atoms with Crippen LogP contribution in [0.25, 0.3) is 0 Å². The molecular formula is C11H16N2O. The summed E-state index contributed by atoms with van der Waals surface area (Å²) in [5.74, 6) is -0.145. The van der Waals surface area contributed by atoms with Gasteiger partial charge in [-0.05, 0) is 18.1 Å². The number of carbonyl (C=O) groups excluding carboxylic acids is 1. The lowest BCUT2D eigenvalue weighted by molar-refractivity contribution is -0.114. The molecule has 0 fully saturated rings. The highest BCUT2D eigenvalue weighted by Crippen LogP contribution is 2.16. The molecule has 0 aliphatic carbocycles. The monoisotopic (exact) mass is 192 g/mol. The molecule has 14 heavy (non-hydrogen) atoms. The van der Waals surface area contributed by atoms with Gasteiger partial charge < -0.3 is 11.1 Å². The van der Waals surface area contributed by atoms with Crippen LogP contribution in [0.4, 0.5) is 5.69 Å². The lowest BCUT2D eigenvalue weighted by Crippen LogP contribution is -2.22. The molecule has 0 saturated heterocycles. The second-order valence-corrected chi connectivity index (χ2v) is 3.16. The Bertz CT molecular complexity index is 310. The summed E-state index contributed by atoms with van der Waals surface area (Å²) in [6.45, 7) is 2.14. The molecule has 0 bridgehead atoms. The van der Waals surface area contributed by atoms with Gasteiger partial charge in [-0.1, -0.05) is 31.5 Å². The number of benzene rings is 1. The van der Waals surface area contributed by atoms with Gasteiger partial charge in [0.1, 0.15) is 0 Å². The predicted octanol–water partition coefficient (Wildman–Crippen LogP) is 1.54. The van der Waals surface area contributed by atoms with Crippen molar-refractivity contribution < 1.29 is 4.79 Å². The quantitative estimate of drug-likeness (QED) is 0.760. The van der Waals surface area contributed by atoms with Crippen LogP contribution in [0.15, 0.2) is 24.3 Å². The lowest BCUT2D eigenvalue weighted by atomic mass is 10.1. The summed E-state index contributed by atoms with van der Waals surface area (Å²) in [5.41, 5.74) is 7.28. The van der Waals surface area contributed by atoms with E-state index in [0.717, 1.165) is 24.1 Å². The summed E-state index contributed by atoms with van der Waals surface area (Å²) in [4.78, 5) is 11.1. The molecule has 1 aromatic carbocycles. The largest absolute Gasteiger partial charge is 0.325 e. The van der Waals surface area contributed by atoms with Crippen LogP contribution in [-0.4, -0.2) is 12.5 Å². The van der Waals surface area contributed by atoms with E-state index in [4.69, 9.17) is 5.73 Å². The average Bonchev–Trinajstić information content (AvgIpc) is 2.21. The van der Waals surface area contributed by atoms with Crippen molar-refractivity contribution in [1.29, 1.82) is 0 Å². The third-order valence-corrected chi connectivity index (χ3v) is 2.00. The SMILES string of the molecule is CCCc1ccccc1NC(=O)CN. The minimum Gasteiger partial charge on any atom is -0.325 e. The van der Waals surface area contributed by atoms with Crippen LogP contribution < -0.4 is 11.1 Å². The van der Waals surface area contributed by atoms with E-state index >= 15 is 0 Å². The second kappa shape index (κ2) is 5.40. The first-order valence-corrected chi connectivity index (χ1v) is 4.85. The molecular weight excluding hydrogens is 176 g/mol. The number of rotatable bonds is 4. The maximum absolute atomic E-state index is 11.1. The molecule has 0 unspecified atom stereocenters. The van der Waals surface area contributed by atoms with Gasteiger partial charge in [0.05, 0.1) is 6.54 Å². The molecule has 1 rings (SSSR count). The second-order valence-electron chi connectivity index (χ2n) is 3.16. The van der Waals surface area contributed by atoms with Crippen molar-refractivity contribution in [3.63, 3.8) is 0 Å². The Hall–Kier alpha value is -1.35. The number of carbonyl (C=O) groups is 1. The Morgan fingerprint density at radius 3 is 2.79 bits per heavy atom. The minimum absolute atomic E-state index is 0.0282. The van der Waals surface area contributed by atoms with Crippen molar-refractivity contribution >= 4 is 11.6 Å². The lowest BCUT2D eigenvalue weighted by Gasteiger charge is -2.09. The fourth-order valence-electron chi connectivity index (χ4n) is 1.33. The van der Waals surface area contributed by atoms with Crippen LogP contribution in [0, 0.1) is 0 Å². The number of anilines is 1. The van der Waals surface area contributed by atoms with Gasteiger partial charge in [-0.3, -0.25) is 4.79 Å². The Kier molecular flexibility index (Phi) is 4.13. The highest BCUT2D eigenvalue weighted by Gasteiger charge is 2.03. The Morgan fingerprint density at radius 1 is 1.43 bits per heavy atom. The van der Waals surface area contributed by atoms with E-state index in [0.29, 0.717) is 0 Å². The molecule has 3 heteroatoms. The summed E-state index contributed by atoms with van der Waals surface area (Å²) < 4.78 is 0. The van der Waals surface area contributed by atoms with E-state index in [1.807, 2.05) is 24.3 Å². The number of aryl methyl sites for hydroxylation is 1. The molecule has 1 aromatic rings. The van der Waals surface area contributed by atoms with Gasteiger partial charge in [-0.25, -0.2) is 0 Å². The molecule has 0 heterocycles. The van der Waals surface area contributed by atoms with Crippen LogP contribution in [0.5, 0.6) is 0 Å². The van der Waals surface area contributed by atoms with Crippen LogP contribution in [-0.2, 0) is 11.2 Å². The molecule has 3 N–H and O–H groups in total. The van der Waals surface area contributed by atoms with Gasteiger partial charge in [0.15, 0.2) is 0 Å². The summed E-state index contributed by atoms with van der Waals surface area (Å²) in [6, 6.07) is 7.81. The molecule has 1 amide bonds. The van der Waals surface area contributed by atoms with Crippen LogP contribution in [0.1, 0.15) is 18.9 Å². The topological polar surface area (TPSA) is 55.1 Å². The van der Waals surface area contributed by atoms with Gasteiger partial charge in [-0.15, -0.1) is 0 Å². The van der Waals surface area contributed by atoms with Crippen molar-refractivity contribution in [2.45, 2.75) is 19.8 Å². The van der Waals surface area contributed by atoms with Gasteiger partial charge >= 0.3 is 0 Å². The molecule has 0 saturated carbocycles. The van der Waals surface area contributed by atoms with E-state index < -0.39 is 0 Å². The summed E-state index contributed by atoms with van der Waals surface area (Å²) >= 11 is 0. The maximum atomic E-state index is 11.1. The van der Waals surface area contributed by atoms with Crippen LogP contribution in [0.2, 0.25) is 0 Å². The smallest absolute Gasteiger partial charge is 0.238 e.